The monoisotopic (exact) mass is 255 g/mol. The standard InChI is InChI=1S/C16H21N3/c1-3-5-13-6-4-7-14(10-13)16(19-17)15-11-18-9-8-12(15)2/h4,6-11,16,19H,3,5,17H2,1-2H3. The van der Waals surface area contributed by atoms with Gasteiger partial charge in [-0.1, -0.05) is 37.6 Å². The Morgan fingerprint density at radius 3 is 2.84 bits per heavy atom. The highest BCUT2D eigenvalue weighted by molar-refractivity contribution is 5.36. The van der Waals surface area contributed by atoms with E-state index < -0.39 is 0 Å². The van der Waals surface area contributed by atoms with E-state index in [2.05, 4.69) is 48.5 Å². The summed E-state index contributed by atoms with van der Waals surface area (Å²) >= 11 is 0. The van der Waals surface area contributed by atoms with Crippen LogP contribution in [-0.2, 0) is 6.42 Å². The summed E-state index contributed by atoms with van der Waals surface area (Å²) in [6.45, 7) is 4.27. The predicted molar refractivity (Wildman–Crippen MR) is 78.6 cm³/mol. The molecule has 0 saturated carbocycles. The minimum atomic E-state index is -0.00879. The molecule has 0 radical (unpaired) electrons. The smallest absolute Gasteiger partial charge is 0.0727 e. The molecule has 100 valence electrons. The largest absolute Gasteiger partial charge is 0.271 e. The molecule has 0 saturated heterocycles. The van der Waals surface area contributed by atoms with Gasteiger partial charge in [-0.25, -0.2) is 5.43 Å². The molecule has 0 spiro atoms. The number of rotatable bonds is 5. The maximum Gasteiger partial charge on any atom is 0.0727 e. The fraction of sp³-hybridized carbons (Fsp3) is 0.312. The number of hydrogen-bond donors (Lipinski definition) is 2. The van der Waals surface area contributed by atoms with Crippen molar-refractivity contribution in [2.75, 3.05) is 0 Å². The van der Waals surface area contributed by atoms with Gasteiger partial charge in [0.05, 0.1) is 6.04 Å². The average Bonchev–Trinajstić information content (AvgIpc) is 2.43. The van der Waals surface area contributed by atoms with Crippen LogP contribution in [-0.4, -0.2) is 4.98 Å². The summed E-state index contributed by atoms with van der Waals surface area (Å²) in [7, 11) is 0. The van der Waals surface area contributed by atoms with Crippen LogP contribution in [0, 0.1) is 6.92 Å². The maximum absolute atomic E-state index is 5.75. The zero-order valence-corrected chi connectivity index (χ0v) is 11.6. The van der Waals surface area contributed by atoms with Gasteiger partial charge in [-0.05, 0) is 41.7 Å². The van der Waals surface area contributed by atoms with E-state index in [0.29, 0.717) is 0 Å². The normalized spacial score (nSPS) is 12.4. The van der Waals surface area contributed by atoms with Crippen molar-refractivity contribution in [2.45, 2.75) is 32.7 Å². The number of hydrogen-bond acceptors (Lipinski definition) is 3. The maximum atomic E-state index is 5.75. The van der Waals surface area contributed by atoms with Crippen molar-refractivity contribution in [1.82, 2.24) is 10.4 Å². The summed E-state index contributed by atoms with van der Waals surface area (Å²) in [6, 6.07) is 10.6. The molecule has 3 heteroatoms. The number of nitrogens with zero attached hydrogens (tertiary/aromatic N) is 1. The van der Waals surface area contributed by atoms with Gasteiger partial charge in [0.2, 0.25) is 0 Å². The van der Waals surface area contributed by atoms with Crippen molar-refractivity contribution in [1.29, 1.82) is 0 Å². The molecule has 2 rings (SSSR count). The number of nitrogens with one attached hydrogen (secondary N) is 1. The Kier molecular flexibility index (Phi) is 4.66. The SMILES string of the molecule is CCCc1cccc(C(NN)c2cnccc2C)c1. The molecule has 1 atom stereocenters. The van der Waals surface area contributed by atoms with Crippen LogP contribution in [0.15, 0.2) is 42.7 Å². The van der Waals surface area contributed by atoms with Crippen LogP contribution in [0.4, 0.5) is 0 Å². The molecule has 0 amide bonds. The Bertz CT molecular complexity index is 537. The number of aryl methyl sites for hydroxylation is 2. The molecule has 1 aromatic heterocycles. The Morgan fingerprint density at radius 2 is 2.16 bits per heavy atom. The number of pyridine rings is 1. The predicted octanol–water partition coefficient (Wildman–Crippen LogP) is 2.90. The van der Waals surface area contributed by atoms with Gasteiger partial charge >= 0.3 is 0 Å². The lowest BCUT2D eigenvalue weighted by Gasteiger charge is -2.19. The molecule has 3 nitrogen and oxygen atoms in total. The van der Waals surface area contributed by atoms with Crippen LogP contribution in [0.1, 0.15) is 41.6 Å². The van der Waals surface area contributed by atoms with E-state index >= 15 is 0 Å². The molecular weight excluding hydrogens is 234 g/mol. The van der Waals surface area contributed by atoms with Gasteiger partial charge in [0.25, 0.3) is 0 Å². The van der Waals surface area contributed by atoms with Crippen molar-refractivity contribution in [3.63, 3.8) is 0 Å². The third-order valence-electron chi connectivity index (χ3n) is 3.38. The van der Waals surface area contributed by atoms with Gasteiger partial charge in [-0.15, -0.1) is 0 Å². The minimum absolute atomic E-state index is 0.00879. The summed E-state index contributed by atoms with van der Waals surface area (Å²) < 4.78 is 0. The highest BCUT2D eigenvalue weighted by atomic mass is 15.2. The summed E-state index contributed by atoms with van der Waals surface area (Å²) in [5, 5.41) is 0. The fourth-order valence-corrected chi connectivity index (χ4v) is 2.36. The third kappa shape index (κ3) is 3.19. The van der Waals surface area contributed by atoms with Gasteiger partial charge < -0.3 is 0 Å². The van der Waals surface area contributed by atoms with E-state index in [-0.39, 0.29) is 6.04 Å². The van der Waals surface area contributed by atoms with Crippen molar-refractivity contribution in [3.05, 3.63) is 65.0 Å². The van der Waals surface area contributed by atoms with E-state index in [0.717, 1.165) is 18.4 Å². The van der Waals surface area contributed by atoms with Crippen molar-refractivity contribution in [3.8, 4) is 0 Å². The zero-order valence-electron chi connectivity index (χ0n) is 11.6. The first-order valence-corrected chi connectivity index (χ1v) is 6.71. The van der Waals surface area contributed by atoms with E-state index in [1.54, 1.807) is 6.20 Å². The summed E-state index contributed by atoms with van der Waals surface area (Å²) in [5.41, 5.74) is 7.76. The lowest BCUT2D eigenvalue weighted by atomic mass is 9.95. The second-order valence-electron chi connectivity index (χ2n) is 4.83. The highest BCUT2D eigenvalue weighted by Gasteiger charge is 2.14. The highest BCUT2D eigenvalue weighted by Crippen LogP contribution is 2.24. The lowest BCUT2D eigenvalue weighted by molar-refractivity contribution is 0.630. The number of nitrogens with two attached hydrogens (primary N) is 1. The van der Waals surface area contributed by atoms with Crippen LogP contribution in [0.3, 0.4) is 0 Å². The quantitative estimate of drug-likeness (QED) is 0.638. The topological polar surface area (TPSA) is 50.9 Å². The van der Waals surface area contributed by atoms with Crippen LogP contribution in [0.2, 0.25) is 0 Å². The number of hydrazine groups is 1. The first-order valence-electron chi connectivity index (χ1n) is 6.71. The second kappa shape index (κ2) is 6.45. The Labute approximate surface area is 114 Å². The molecule has 1 unspecified atom stereocenters. The van der Waals surface area contributed by atoms with Crippen LogP contribution < -0.4 is 11.3 Å². The Morgan fingerprint density at radius 1 is 1.32 bits per heavy atom. The number of aromatic nitrogens is 1. The van der Waals surface area contributed by atoms with Gasteiger partial charge in [-0.2, -0.15) is 0 Å². The molecule has 1 heterocycles. The summed E-state index contributed by atoms with van der Waals surface area (Å²) in [4.78, 5) is 4.20. The summed E-state index contributed by atoms with van der Waals surface area (Å²) in [5.74, 6) is 5.75. The molecule has 0 bridgehead atoms. The average molecular weight is 255 g/mol. The molecule has 19 heavy (non-hydrogen) atoms. The molecule has 0 aliphatic heterocycles. The third-order valence-corrected chi connectivity index (χ3v) is 3.38. The lowest BCUT2D eigenvalue weighted by Crippen LogP contribution is -2.29. The van der Waals surface area contributed by atoms with Crippen molar-refractivity contribution < 1.29 is 0 Å². The summed E-state index contributed by atoms with van der Waals surface area (Å²) in [6.07, 6.45) is 5.93. The van der Waals surface area contributed by atoms with Crippen LogP contribution in [0.5, 0.6) is 0 Å². The fourth-order valence-electron chi connectivity index (χ4n) is 2.36. The van der Waals surface area contributed by atoms with E-state index in [1.807, 2.05) is 12.3 Å². The van der Waals surface area contributed by atoms with E-state index in [1.165, 1.54) is 16.7 Å². The Balaban J connectivity index is 2.37. The van der Waals surface area contributed by atoms with E-state index in [4.69, 9.17) is 5.84 Å². The molecule has 1 aromatic carbocycles. The molecular formula is C16H21N3. The minimum Gasteiger partial charge on any atom is -0.271 e. The van der Waals surface area contributed by atoms with E-state index in [9.17, 15) is 0 Å². The Hall–Kier alpha value is -1.71. The molecule has 0 aliphatic carbocycles. The second-order valence-corrected chi connectivity index (χ2v) is 4.83. The van der Waals surface area contributed by atoms with Crippen molar-refractivity contribution >= 4 is 0 Å². The van der Waals surface area contributed by atoms with Crippen LogP contribution >= 0.6 is 0 Å². The van der Waals surface area contributed by atoms with Gasteiger partial charge in [0.1, 0.15) is 0 Å². The first-order chi connectivity index (χ1) is 9.26. The van der Waals surface area contributed by atoms with Gasteiger partial charge in [0.15, 0.2) is 0 Å². The first kappa shape index (κ1) is 13.7. The zero-order chi connectivity index (χ0) is 13.7. The molecule has 0 fully saturated rings. The molecule has 3 N–H and O–H groups in total. The van der Waals surface area contributed by atoms with Crippen LogP contribution in [0.25, 0.3) is 0 Å². The molecule has 2 aromatic rings. The van der Waals surface area contributed by atoms with Crippen molar-refractivity contribution in [2.24, 2.45) is 5.84 Å². The van der Waals surface area contributed by atoms with Gasteiger partial charge in [-0.3, -0.25) is 10.8 Å². The van der Waals surface area contributed by atoms with Gasteiger partial charge in [0, 0.05) is 12.4 Å². The number of benzene rings is 1. The molecule has 0 aliphatic rings.